The summed E-state index contributed by atoms with van der Waals surface area (Å²) in [5.41, 5.74) is 2.63. The molecule has 0 aliphatic carbocycles. The van der Waals surface area contributed by atoms with Crippen LogP contribution in [-0.4, -0.2) is 38.2 Å². The van der Waals surface area contributed by atoms with E-state index in [-0.39, 0.29) is 17.8 Å². The third kappa shape index (κ3) is 3.51. The highest BCUT2D eigenvalue weighted by Crippen LogP contribution is 2.35. The van der Waals surface area contributed by atoms with Crippen LogP contribution in [0.1, 0.15) is 24.0 Å². The highest BCUT2D eigenvalue weighted by atomic mass is 19.1. The summed E-state index contributed by atoms with van der Waals surface area (Å²) in [7, 11) is 0. The van der Waals surface area contributed by atoms with E-state index in [1.54, 1.807) is 24.5 Å². The number of hydrogen-bond donors (Lipinski definition) is 2. The molecule has 0 spiro atoms. The van der Waals surface area contributed by atoms with Gasteiger partial charge in [0.25, 0.3) is 0 Å². The summed E-state index contributed by atoms with van der Waals surface area (Å²) in [6, 6.07) is 6.26. The van der Waals surface area contributed by atoms with Crippen molar-refractivity contribution in [1.29, 1.82) is 0 Å². The van der Waals surface area contributed by atoms with Crippen LogP contribution in [0.3, 0.4) is 0 Å². The molecule has 1 fully saturated rings. The summed E-state index contributed by atoms with van der Waals surface area (Å²) in [5, 5.41) is 10.5. The molecule has 0 radical (unpaired) electrons. The van der Waals surface area contributed by atoms with Gasteiger partial charge >= 0.3 is 0 Å². The third-order valence-corrected chi connectivity index (χ3v) is 5.25. The predicted molar refractivity (Wildman–Crippen MR) is 106 cm³/mol. The lowest BCUT2D eigenvalue weighted by Crippen LogP contribution is -2.44. The van der Waals surface area contributed by atoms with Crippen molar-refractivity contribution in [3.63, 3.8) is 0 Å². The standard InChI is InChI=1S/C20H20FN7O/c21-15-5-3-13(4-6-15)11-27-12-14(9-24-27)8-22-20-23-10-16-18(26-20)28-7-1-2-17(28)19(29)25-16/h3-6,9-10,12,17H,1-2,7-8,11H2,(H,25,29)(H,22,23,26)/t17-/m1/s1. The normalized spacial score (nSPS) is 17.6. The number of nitrogens with zero attached hydrogens (tertiary/aromatic N) is 5. The SMILES string of the molecule is O=C1Nc2cnc(NCc3cnn(Cc4ccc(F)cc4)c3)nc2N2CCC[C@H]12. The fourth-order valence-electron chi connectivity index (χ4n) is 3.82. The lowest BCUT2D eigenvalue weighted by molar-refractivity contribution is -0.117. The first-order chi connectivity index (χ1) is 14.2. The molecule has 0 saturated carbocycles. The quantitative estimate of drug-likeness (QED) is 0.692. The van der Waals surface area contributed by atoms with Gasteiger partial charge < -0.3 is 15.5 Å². The number of carbonyl (C=O) groups excluding carboxylic acids is 1. The summed E-state index contributed by atoms with van der Waals surface area (Å²) in [5.74, 6) is 1.06. The van der Waals surface area contributed by atoms with E-state index in [1.807, 2.05) is 10.9 Å². The molecule has 5 rings (SSSR count). The zero-order chi connectivity index (χ0) is 19.8. The lowest BCUT2D eigenvalue weighted by atomic mass is 10.1. The van der Waals surface area contributed by atoms with Gasteiger partial charge in [-0.3, -0.25) is 9.48 Å². The monoisotopic (exact) mass is 393 g/mol. The van der Waals surface area contributed by atoms with Gasteiger partial charge in [-0.25, -0.2) is 9.37 Å². The van der Waals surface area contributed by atoms with Gasteiger partial charge in [-0.2, -0.15) is 10.1 Å². The Labute approximate surface area is 166 Å². The molecule has 1 amide bonds. The third-order valence-electron chi connectivity index (χ3n) is 5.25. The molecule has 2 aromatic heterocycles. The molecule has 29 heavy (non-hydrogen) atoms. The van der Waals surface area contributed by atoms with Crippen LogP contribution in [0.5, 0.6) is 0 Å². The minimum atomic E-state index is -0.246. The second-order valence-electron chi connectivity index (χ2n) is 7.30. The van der Waals surface area contributed by atoms with Crippen LogP contribution in [0.25, 0.3) is 0 Å². The van der Waals surface area contributed by atoms with Gasteiger partial charge in [-0.05, 0) is 30.5 Å². The Balaban J connectivity index is 1.25. The van der Waals surface area contributed by atoms with Crippen molar-refractivity contribution in [2.24, 2.45) is 0 Å². The zero-order valence-electron chi connectivity index (χ0n) is 15.7. The molecule has 3 aromatic rings. The number of halogens is 1. The number of aromatic nitrogens is 4. The average Bonchev–Trinajstić information content (AvgIpc) is 3.39. The van der Waals surface area contributed by atoms with Gasteiger partial charge in [0, 0.05) is 24.8 Å². The molecule has 0 unspecified atom stereocenters. The van der Waals surface area contributed by atoms with Crippen LogP contribution in [-0.2, 0) is 17.9 Å². The van der Waals surface area contributed by atoms with Crippen molar-refractivity contribution in [1.82, 2.24) is 19.7 Å². The second-order valence-corrected chi connectivity index (χ2v) is 7.30. The summed E-state index contributed by atoms with van der Waals surface area (Å²) in [6.45, 7) is 1.93. The van der Waals surface area contributed by atoms with Crippen LogP contribution in [0, 0.1) is 5.82 Å². The van der Waals surface area contributed by atoms with Crippen molar-refractivity contribution in [3.05, 3.63) is 59.8 Å². The molecule has 148 valence electrons. The Kier molecular flexibility index (Phi) is 4.34. The molecule has 2 aliphatic rings. The molecule has 1 aromatic carbocycles. The number of fused-ring (bicyclic) bond motifs is 3. The average molecular weight is 393 g/mol. The fourth-order valence-corrected chi connectivity index (χ4v) is 3.82. The molecule has 0 bridgehead atoms. The predicted octanol–water partition coefficient (Wildman–Crippen LogP) is 2.39. The van der Waals surface area contributed by atoms with Gasteiger partial charge in [0.15, 0.2) is 5.82 Å². The first kappa shape index (κ1) is 17.6. The largest absolute Gasteiger partial charge is 0.350 e. The Hall–Kier alpha value is -3.49. The Morgan fingerprint density at radius 1 is 1.21 bits per heavy atom. The number of hydrogen-bond acceptors (Lipinski definition) is 6. The van der Waals surface area contributed by atoms with Crippen molar-refractivity contribution in [2.45, 2.75) is 32.0 Å². The van der Waals surface area contributed by atoms with Crippen molar-refractivity contribution < 1.29 is 9.18 Å². The van der Waals surface area contributed by atoms with Crippen LogP contribution in [0.15, 0.2) is 42.9 Å². The number of carbonyl (C=O) groups is 1. The Morgan fingerprint density at radius 2 is 2.07 bits per heavy atom. The maximum Gasteiger partial charge on any atom is 0.247 e. The molecule has 2 aliphatic heterocycles. The Morgan fingerprint density at radius 3 is 2.93 bits per heavy atom. The molecule has 4 heterocycles. The molecular formula is C20H20FN7O. The first-order valence-electron chi connectivity index (χ1n) is 9.60. The maximum absolute atomic E-state index is 13.0. The van der Waals surface area contributed by atoms with Gasteiger partial charge in [-0.1, -0.05) is 12.1 Å². The molecule has 1 saturated heterocycles. The van der Waals surface area contributed by atoms with E-state index >= 15 is 0 Å². The minimum absolute atomic E-state index is 0.0212. The van der Waals surface area contributed by atoms with Crippen molar-refractivity contribution in [2.75, 3.05) is 22.1 Å². The van der Waals surface area contributed by atoms with E-state index in [0.717, 1.165) is 36.3 Å². The summed E-state index contributed by atoms with van der Waals surface area (Å²) < 4.78 is 14.8. The van der Waals surface area contributed by atoms with Gasteiger partial charge in [0.1, 0.15) is 17.5 Å². The number of benzene rings is 1. The number of rotatable bonds is 5. The lowest BCUT2D eigenvalue weighted by Gasteiger charge is -2.31. The van der Waals surface area contributed by atoms with Crippen molar-refractivity contribution >= 4 is 23.4 Å². The Bertz CT molecular complexity index is 1050. The topological polar surface area (TPSA) is 88.0 Å². The van der Waals surface area contributed by atoms with Crippen molar-refractivity contribution in [3.8, 4) is 0 Å². The van der Waals surface area contributed by atoms with E-state index in [4.69, 9.17) is 0 Å². The van der Waals surface area contributed by atoms with E-state index in [0.29, 0.717) is 24.7 Å². The zero-order valence-corrected chi connectivity index (χ0v) is 15.7. The van der Waals surface area contributed by atoms with E-state index < -0.39 is 0 Å². The minimum Gasteiger partial charge on any atom is -0.350 e. The molecule has 1 atom stereocenters. The van der Waals surface area contributed by atoms with Crippen LogP contribution >= 0.6 is 0 Å². The fraction of sp³-hybridized carbons (Fsp3) is 0.300. The van der Waals surface area contributed by atoms with E-state index in [2.05, 4.69) is 30.6 Å². The molecule has 2 N–H and O–H groups in total. The number of anilines is 3. The van der Waals surface area contributed by atoms with Crippen LogP contribution in [0.4, 0.5) is 21.8 Å². The van der Waals surface area contributed by atoms with Gasteiger partial charge in [0.2, 0.25) is 11.9 Å². The smallest absolute Gasteiger partial charge is 0.247 e. The summed E-state index contributed by atoms with van der Waals surface area (Å²) in [6.07, 6.45) is 7.20. The summed E-state index contributed by atoms with van der Waals surface area (Å²) >= 11 is 0. The van der Waals surface area contributed by atoms with Gasteiger partial charge in [0.05, 0.1) is 18.9 Å². The number of amides is 1. The molecule has 8 nitrogen and oxygen atoms in total. The first-order valence-corrected chi connectivity index (χ1v) is 9.60. The summed E-state index contributed by atoms with van der Waals surface area (Å²) in [4.78, 5) is 23.1. The van der Waals surface area contributed by atoms with Gasteiger partial charge in [-0.15, -0.1) is 0 Å². The highest BCUT2D eigenvalue weighted by molar-refractivity contribution is 6.03. The highest BCUT2D eigenvalue weighted by Gasteiger charge is 2.37. The van der Waals surface area contributed by atoms with Crippen LogP contribution in [0.2, 0.25) is 0 Å². The van der Waals surface area contributed by atoms with E-state index in [9.17, 15) is 9.18 Å². The van der Waals surface area contributed by atoms with Crippen LogP contribution < -0.4 is 15.5 Å². The van der Waals surface area contributed by atoms with E-state index in [1.165, 1.54) is 12.1 Å². The molecular weight excluding hydrogens is 373 g/mol. The number of nitrogens with one attached hydrogen (secondary N) is 2. The second kappa shape index (κ2) is 7.16. The molecule has 9 heteroatoms. The maximum atomic E-state index is 13.0.